The summed E-state index contributed by atoms with van der Waals surface area (Å²) in [6, 6.07) is 3.84. The first kappa shape index (κ1) is 15.8. The number of H-pyrrole nitrogens is 1. The largest absolute Gasteiger partial charge is 0.381 e. The molecule has 1 fully saturated rings. The molecule has 0 aromatic carbocycles. The maximum absolute atomic E-state index is 12.5. The molecule has 8 heteroatoms. The minimum absolute atomic E-state index is 0.00745. The van der Waals surface area contributed by atoms with Crippen LogP contribution in [0.1, 0.15) is 28.9 Å². The van der Waals surface area contributed by atoms with Gasteiger partial charge in [-0.3, -0.25) is 14.9 Å². The van der Waals surface area contributed by atoms with Crippen LogP contribution in [0.3, 0.4) is 0 Å². The number of piperidine rings is 1. The molecule has 23 heavy (non-hydrogen) atoms. The first-order valence-corrected chi connectivity index (χ1v) is 7.82. The molecule has 1 atom stereocenters. The third-order valence-corrected chi connectivity index (χ3v) is 4.20. The van der Waals surface area contributed by atoms with Crippen LogP contribution >= 0.6 is 11.6 Å². The number of rotatable bonds is 4. The molecule has 0 saturated carbocycles. The number of halogens is 1. The van der Waals surface area contributed by atoms with Crippen molar-refractivity contribution in [3.05, 3.63) is 40.8 Å². The van der Waals surface area contributed by atoms with Gasteiger partial charge in [0.1, 0.15) is 10.7 Å². The molecule has 0 aliphatic carbocycles. The Morgan fingerprint density at radius 2 is 2.43 bits per heavy atom. The molecule has 3 N–H and O–H groups in total. The summed E-state index contributed by atoms with van der Waals surface area (Å²) in [4.78, 5) is 18.3. The molecule has 0 bridgehead atoms. The van der Waals surface area contributed by atoms with Gasteiger partial charge in [0, 0.05) is 25.5 Å². The highest BCUT2D eigenvalue weighted by atomic mass is 35.5. The van der Waals surface area contributed by atoms with E-state index in [4.69, 9.17) is 22.1 Å². The van der Waals surface area contributed by atoms with Crippen LogP contribution in [0.4, 0.5) is 5.82 Å². The minimum atomic E-state index is -0.200. The topological polar surface area (TPSA) is 97.1 Å². The van der Waals surface area contributed by atoms with Crippen molar-refractivity contribution < 1.29 is 9.53 Å². The van der Waals surface area contributed by atoms with Gasteiger partial charge in [-0.2, -0.15) is 5.10 Å². The molecule has 2 aromatic heterocycles. The number of hydrogen-bond acceptors (Lipinski definition) is 5. The monoisotopic (exact) mass is 335 g/mol. The minimum Gasteiger partial charge on any atom is -0.381 e. The van der Waals surface area contributed by atoms with Crippen LogP contribution in [0, 0.1) is 0 Å². The molecule has 0 radical (unpaired) electrons. The molecule has 1 saturated heterocycles. The van der Waals surface area contributed by atoms with Gasteiger partial charge in [-0.25, -0.2) is 0 Å². The Labute approximate surface area is 138 Å². The number of aromatic nitrogens is 3. The summed E-state index contributed by atoms with van der Waals surface area (Å²) in [7, 11) is 0. The van der Waals surface area contributed by atoms with E-state index >= 15 is 0 Å². The van der Waals surface area contributed by atoms with Gasteiger partial charge in [-0.15, -0.1) is 0 Å². The number of ether oxygens (including phenoxy) is 1. The van der Waals surface area contributed by atoms with Crippen molar-refractivity contribution in [3.8, 4) is 0 Å². The fraction of sp³-hybridized carbons (Fsp3) is 0.400. The number of amides is 1. The third-order valence-electron chi connectivity index (χ3n) is 3.82. The molecule has 7 nitrogen and oxygen atoms in total. The van der Waals surface area contributed by atoms with E-state index < -0.39 is 0 Å². The summed E-state index contributed by atoms with van der Waals surface area (Å²) < 4.78 is 5.90. The Morgan fingerprint density at radius 3 is 3.13 bits per heavy atom. The third kappa shape index (κ3) is 3.62. The zero-order valence-corrected chi connectivity index (χ0v) is 13.3. The van der Waals surface area contributed by atoms with Gasteiger partial charge in [0.15, 0.2) is 5.82 Å². The van der Waals surface area contributed by atoms with E-state index in [1.165, 1.54) is 0 Å². The van der Waals surface area contributed by atoms with Crippen molar-refractivity contribution in [2.45, 2.75) is 25.6 Å². The molecule has 3 rings (SSSR count). The van der Waals surface area contributed by atoms with Crippen LogP contribution in [0.25, 0.3) is 0 Å². The van der Waals surface area contributed by atoms with Crippen molar-refractivity contribution in [2.24, 2.45) is 0 Å². The Morgan fingerprint density at radius 1 is 1.57 bits per heavy atom. The van der Waals surface area contributed by atoms with Crippen LogP contribution in [0.5, 0.6) is 0 Å². The van der Waals surface area contributed by atoms with Crippen molar-refractivity contribution in [1.82, 2.24) is 20.1 Å². The van der Waals surface area contributed by atoms with Crippen molar-refractivity contribution >= 4 is 23.3 Å². The van der Waals surface area contributed by atoms with Gasteiger partial charge in [0.25, 0.3) is 5.91 Å². The highest BCUT2D eigenvalue weighted by Gasteiger charge is 2.28. The Balaban J connectivity index is 1.59. The summed E-state index contributed by atoms with van der Waals surface area (Å²) in [5, 5.41) is 6.53. The second kappa shape index (κ2) is 6.97. The van der Waals surface area contributed by atoms with E-state index in [1.54, 1.807) is 17.3 Å². The zero-order valence-electron chi connectivity index (χ0n) is 12.5. The molecule has 0 unspecified atom stereocenters. The molecular formula is C15H18ClN5O2. The lowest BCUT2D eigenvalue weighted by Crippen LogP contribution is -2.43. The van der Waals surface area contributed by atoms with Gasteiger partial charge in [-0.05, 0) is 24.5 Å². The van der Waals surface area contributed by atoms with Crippen LogP contribution in [0.2, 0.25) is 5.02 Å². The standard InChI is InChI=1S/C15H18ClN5O2/c16-12-13(19-20-14(12)17)15(22)21-6-2-4-11(8-21)23-9-10-3-1-5-18-7-10/h1,3,5,7,11H,2,4,6,8-9H2,(H3,17,19,20)/t11-/m0/s1. The molecule has 3 heterocycles. The van der Waals surface area contributed by atoms with Gasteiger partial charge >= 0.3 is 0 Å². The lowest BCUT2D eigenvalue weighted by Gasteiger charge is -2.32. The van der Waals surface area contributed by atoms with Gasteiger partial charge in [0.2, 0.25) is 0 Å². The molecule has 122 valence electrons. The maximum atomic E-state index is 12.5. The predicted octanol–water partition coefficient (Wildman–Crippen LogP) is 1.86. The van der Waals surface area contributed by atoms with Gasteiger partial charge in [-0.1, -0.05) is 17.7 Å². The summed E-state index contributed by atoms with van der Waals surface area (Å²) in [6.07, 6.45) is 5.29. The fourth-order valence-electron chi connectivity index (χ4n) is 2.60. The van der Waals surface area contributed by atoms with E-state index in [-0.39, 0.29) is 28.5 Å². The SMILES string of the molecule is Nc1n[nH]c(C(=O)N2CCC[C@H](OCc3cccnc3)C2)c1Cl. The van der Waals surface area contributed by atoms with Crippen LogP contribution < -0.4 is 5.73 Å². The van der Waals surface area contributed by atoms with Crippen molar-refractivity contribution in [2.75, 3.05) is 18.8 Å². The summed E-state index contributed by atoms with van der Waals surface area (Å²) >= 11 is 6.00. The van der Waals surface area contributed by atoms with E-state index in [0.29, 0.717) is 19.7 Å². The quantitative estimate of drug-likeness (QED) is 0.888. The second-order valence-electron chi connectivity index (χ2n) is 5.49. The number of nitrogens with zero attached hydrogens (tertiary/aromatic N) is 3. The number of aromatic amines is 1. The van der Waals surface area contributed by atoms with Crippen LogP contribution in [-0.4, -0.2) is 45.2 Å². The lowest BCUT2D eigenvalue weighted by molar-refractivity contribution is -0.00697. The lowest BCUT2D eigenvalue weighted by atomic mass is 10.1. The molecular weight excluding hydrogens is 318 g/mol. The van der Waals surface area contributed by atoms with Crippen LogP contribution in [0.15, 0.2) is 24.5 Å². The molecule has 2 aromatic rings. The normalized spacial score (nSPS) is 18.1. The highest BCUT2D eigenvalue weighted by molar-refractivity contribution is 6.35. The summed E-state index contributed by atoms with van der Waals surface area (Å²) in [5.74, 6) is -0.0646. The number of likely N-dealkylation sites (tertiary alicyclic amines) is 1. The van der Waals surface area contributed by atoms with E-state index in [0.717, 1.165) is 18.4 Å². The Kier molecular flexibility index (Phi) is 4.78. The smallest absolute Gasteiger partial charge is 0.273 e. The first-order valence-electron chi connectivity index (χ1n) is 7.44. The Hall–Kier alpha value is -2.12. The second-order valence-corrected chi connectivity index (χ2v) is 5.86. The number of nitrogens with one attached hydrogen (secondary N) is 1. The van der Waals surface area contributed by atoms with E-state index in [1.807, 2.05) is 12.1 Å². The molecule has 1 aliphatic heterocycles. The average molecular weight is 336 g/mol. The molecule has 1 aliphatic rings. The van der Waals surface area contributed by atoms with Crippen molar-refractivity contribution in [3.63, 3.8) is 0 Å². The van der Waals surface area contributed by atoms with Crippen LogP contribution in [-0.2, 0) is 11.3 Å². The van der Waals surface area contributed by atoms with E-state index in [9.17, 15) is 4.79 Å². The first-order chi connectivity index (χ1) is 11.1. The van der Waals surface area contributed by atoms with Crippen molar-refractivity contribution in [1.29, 1.82) is 0 Å². The summed E-state index contributed by atoms with van der Waals surface area (Å²) in [5.41, 5.74) is 6.82. The molecule has 0 spiro atoms. The highest BCUT2D eigenvalue weighted by Crippen LogP contribution is 2.23. The number of nitrogen functional groups attached to an aromatic ring is 1. The zero-order chi connectivity index (χ0) is 16.2. The number of carbonyl (C=O) groups is 1. The van der Waals surface area contributed by atoms with E-state index in [2.05, 4.69) is 15.2 Å². The van der Waals surface area contributed by atoms with Gasteiger partial charge < -0.3 is 15.4 Å². The number of hydrogen-bond donors (Lipinski definition) is 2. The number of pyridine rings is 1. The Bertz CT molecular complexity index is 676. The number of nitrogens with two attached hydrogens (primary N) is 1. The average Bonchev–Trinajstić information content (AvgIpc) is 2.93. The summed E-state index contributed by atoms with van der Waals surface area (Å²) in [6.45, 7) is 1.67. The predicted molar refractivity (Wildman–Crippen MR) is 86.0 cm³/mol. The van der Waals surface area contributed by atoms with Gasteiger partial charge in [0.05, 0.1) is 12.7 Å². The number of anilines is 1. The number of carbonyl (C=O) groups excluding carboxylic acids is 1. The fourth-order valence-corrected chi connectivity index (χ4v) is 2.76. The molecule has 1 amide bonds. The maximum Gasteiger partial charge on any atom is 0.273 e.